The zero-order chi connectivity index (χ0) is 16.2. The Hall–Kier alpha value is -2.95. The van der Waals surface area contributed by atoms with Gasteiger partial charge in [-0.15, -0.1) is 0 Å². The molecule has 3 rings (SSSR count). The fraction of sp³-hybridized carbons (Fsp3) is 0.111. The van der Waals surface area contributed by atoms with Gasteiger partial charge in [-0.1, -0.05) is 30.3 Å². The Morgan fingerprint density at radius 2 is 1.83 bits per heavy atom. The van der Waals surface area contributed by atoms with Gasteiger partial charge in [0.2, 0.25) is 0 Å². The summed E-state index contributed by atoms with van der Waals surface area (Å²) in [6, 6.07) is 17.4. The van der Waals surface area contributed by atoms with Gasteiger partial charge in [0, 0.05) is 12.2 Å². The van der Waals surface area contributed by atoms with Crippen LogP contribution < -0.4 is 5.32 Å². The quantitative estimate of drug-likeness (QED) is 0.804. The van der Waals surface area contributed by atoms with Gasteiger partial charge in [0.05, 0.1) is 5.69 Å². The second-order valence-corrected chi connectivity index (χ2v) is 5.23. The van der Waals surface area contributed by atoms with Crippen LogP contribution in [-0.2, 0) is 6.54 Å². The summed E-state index contributed by atoms with van der Waals surface area (Å²) in [7, 11) is 0. The first-order chi connectivity index (χ1) is 11.1. The molecule has 0 radical (unpaired) electrons. The van der Waals surface area contributed by atoms with Crippen molar-refractivity contribution in [1.82, 2.24) is 15.1 Å². The number of amides is 1. The molecule has 0 aliphatic rings. The number of hydrogen-bond donors (Lipinski definition) is 1. The highest BCUT2D eigenvalue weighted by atomic mass is 19.1. The van der Waals surface area contributed by atoms with Crippen LogP contribution >= 0.6 is 0 Å². The number of nitrogens with zero attached hydrogens (tertiary/aromatic N) is 2. The van der Waals surface area contributed by atoms with Crippen LogP contribution in [0.15, 0.2) is 60.7 Å². The Morgan fingerprint density at radius 1 is 1.13 bits per heavy atom. The van der Waals surface area contributed by atoms with Gasteiger partial charge in [0.1, 0.15) is 5.82 Å². The van der Waals surface area contributed by atoms with E-state index in [1.54, 1.807) is 22.9 Å². The van der Waals surface area contributed by atoms with Crippen LogP contribution in [-0.4, -0.2) is 15.7 Å². The van der Waals surface area contributed by atoms with Gasteiger partial charge >= 0.3 is 0 Å². The molecule has 1 aromatic heterocycles. The maximum atomic E-state index is 13.0. The van der Waals surface area contributed by atoms with Gasteiger partial charge < -0.3 is 5.32 Å². The van der Waals surface area contributed by atoms with E-state index >= 15 is 0 Å². The molecule has 23 heavy (non-hydrogen) atoms. The van der Waals surface area contributed by atoms with E-state index in [-0.39, 0.29) is 11.7 Å². The molecular weight excluding hydrogens is 293 g/mol. The lowest BCUT2D eigenvalue weighted by atomic mass is 10.2. The number of carbonyl (C=O) groups excluding carboxylic acids is 1. The SMILES string of the molecule is Cc1cc(C(=O)NCc2ccccc2)nn1-c1ccc(F)cc1. The highest BCUT2D eigenvalue weighted by Gasteiger charge is 2.13. The largest absolute Gasteiger partial charge is 0.347 e. The molecular formula is C18H16FN3O. The predicted molar refractivity (Wildman–Crippen MR) is 85.9 cm³/mol. The molecule has 0 fully saturated rings. The van der Waals surface area contributed by atoms with E-state index < -0.39 is 0 Å². The van der Waals surface area contributed by atoms with E-state index in [4.69, 9.17) is 0 Å². The van der Waals surface area contributed by atoms with Gasteiger partial charge in [-0.05, 0) is 42.8 Å². The van der Waals surface area contributed by atoms with Crippen molar-refractivity contribution in [2.75, 3.05) is 0 Å². The minimum atomic E-state index is -0.306. The molecule has 0 atom stereocenters. The molecule has 0 bridgehead atoms. The average Bonchev–Trinajstić information content (AvgIpc) is 2.96. The molecule has 5 heteroatoms. The first-order valence-corrected chi connectivity index (χ1v) is 7.28. The monoisotopic (exact) mass is 309 g/mol. The van der Waals surface area contributed by atoms with Gasteiger partial charge in [-0.25, -0.2) is 9.07 Å². The van der Waals surface area contributed by atoms with E-state index in [2.05, 4.69) is 10.4 Å². The molecule has 1 amide bonds. The number of benzene rings is 2. The van der Waals surface area contributed by atoms with Crippen LogP contribution in [0.25, 0.3) is 5.69 Å². The summed E-state index contributed by atoms with van der Waals surface area (Å²) < 4.78 is 14.6. The summed E-state index contributed by atoms with van der Waals surface area (Å²) in [4.78, 5) is 12.2. The smallest absolute Gasteiger partial charge is 0.272 e. The van der Waals surface area contributed by atoms with E-state index in [0.29, 0.717) is 17.9 Å². The van der Waals surface area contributed by atoms with Crippen LogP contribution in [0.4, 0.5) is 4.39 Å². The maximum Gasteiger partial charge on any atom is 0.272 e. The fourth-order valence-electron chi connectivity index (χ4n) is 2.30. The number of rotatable bonds is 4. The van der Waals surface area contributed by atoms with Crippen LogP contribution in [0.2, 0.25) is 0 Å². The normalized spacial score (nSPS) is 10.5. The van der Waals surface area contributed by atoms with E-state index in [9.17, 15) is 9.18 Å². The van der Waals surface area contributed by atoms with Crippen molar-refractivity contribution in [3.8, 4) is 5.69 Å². The maximum absolute atomic E-state index is 13.0. The molecule has 0 aliphatic carbocycles. The van der Waals surface area contributed by atoms with Crippen molar-refractivity contribution in [2.24, 2.45) is 0 Å². The zero-order valence-electron chi connectivity index (χ0n) is 12.7. The number of hydrogen-bond acceptors (Lipinski definition) is 2. The summed E-state index contributed by atoms with van der Waals surface area (Å²) in [5.41, 5.74) is 2.88. The number of carbonyl (C=O) groups is 1. The van der Waals surface area contributed by atoms with Gasteiger partial charge in [-0.2, -0.15) is 5.10 Å². The van der Waals surface area contributed by atoms with Crippen LogP contribution in [0.5, 0.6) is 0 Å². The molecule has 0 aliphatic heterocycles. The zero-order valence-corrected chi connectivity index (χ0v) is 12.7. The number of aryl methyl sites for hydroxylation is 1. The van der Waals surface area contributed by atoms with Crippen molar-refractivity contribution in [3.63, 3.8) is 0 Å². The first kappa shape index (κ1) is 15.0. The van der Waals surface area contributed by atoms with Crippen molar-refractivity contribution >= 4 is 5.91 Å². The topological polar surface area (TPSA) is 46.9 Å². The lowest BCUT2D eigenvalue weighted by Crippen LogP contribution is -2.23. The third kappa shape index (κ3) is 3.45. The summed E-state index contributed by atoms with van der Waals surface area (Å²) in [6.07, 6.45) is 0. The third-order valence-electron chi connectivity index (χ3n) is 3.49. The molecule has 1 N–H and O–H groups in total. The average molecular weight is 309 g/mol. The van der Waals surface area contributed by atoms with Gasteiger partial charge in [-0.3, -0.25) is 4.79 Å². The minimum Gasteiger partial charge on any atom is -0.347 e. The van der Waals surface area contributed by atoms with Crippen molar-refractivity contribution in [1.29, 1.82) is 0 Å². The molecule has 4 nitrogen and oxygen atoms in total. The lowest BCUT2D eigenvalue weighted by molar-refractivity contribution is 0.0945. The highest BCUT2D eigenvalue weighted by molar-refractivity contribution is 5.92. The van der Waals surface area contributed by atoms with Crippen LogP contribution in [0, 0.1) is 12.7 Å². The van der Waals surface area contributed by atoms with Crippen molar-refractivity contribution in [3.05, 3.63) is 83.4 Å². The Balaban J connectivity index is 1.75. The second-order valence-electron chi connectivity index (χ2n) is 5.23. The lowest BCUT2D eigenvalue weighted by Gasteiger charge is -2.04. The second kappa shape index (κ2) is 6.44. The van der Waals surface area contributed by atoms with E-state index in [1.807, 2.05) is 37.3 Å². The fourth-order valence-corrected chi connectivity index (χ4v) is 2.30. The number of aromatic nitrogens is 2. The van der Waals surface area contributed by atoms with Crippen LogP contribution in [0.3, 0.4) is 0 Å². The first-order valence-electron chi connectivity index (χ1n) is 7.28. The molecule has 0 saturated heterocycles. The van der Waals surface area contributed by atoms with Gasteiger partial charge in [0.25, 0.3) is 5.91 Å². The van der Waals surface area contributed by atoms with Crippen LogP contribution in [0.1, 0.15) is 21.7 Å². The summed E-state index contributed by atoms with van der Waals surface area (Å²) in [5, 5.41) is 7.15. The summed E-state index contributed by atoms with van der Waals surface area (Å²) >= 11 is 0. The predicted octanol–water partition coefficient (Wildman–Crippen LogP) is 3.25. The molecule has 0 unspecified atom stereocenters. The number of nitrogens with one attached hydrogen (secondary N) is 1. The van der Waals surface area contributed by atoms with Crippen molar-refractivity contribution < 1.29 is 9.18 Å². The molecule has 3 aromatic rings. The number of halogens is 1. The molecule has 1 heterocycles. The minimum absolute atomic E-state index is 0.238. The standard InChI is InChI=1S/C18H16FN3O/c1-13-11-17(18(23)20-12-14-5-3-2-4-6-14)21-22(13)16-9-7-15(19)8-10-16/h2-11H,12H2,1H3,(H,20,23). The molecule has 116 valence electrons. The van der Waals surface area contributed by atoms with Gasteiger partial charge in [0.15, 0.2) is 5.69 Å². The highest BCUT2D eigenvalue weighted by Crippen LogP contribution is 2.13. The Kier molecular flexibility index (Phi) is 4.19. The van der Waals surface area contributed by atoms with Crippen molar-refractivity contribution in [2.45, 2.75) is 13.5 Å². The Bertz CT molecular complexity index is 810. The molecule has 0 saturated carbocycles. The molecule has 2 aromatic carbocycles. The van der Waals surface area contributed by atoms with E-state index in [1.165, 1.54) is 12.1 Å². The van der Waals surface area contributed by atoms with E-state index in [0.717, 1.165) is 11.3 Å². The summed E-state index contributed by atoms with van der Waals surface area (Å²) in [5.74, 6) is -0.544. The third-order valence-corrected chi connectivity index (χ3v) is 3.49. The molecule has 0 spiro atoms. The Morgan fingerprint density at radius 3 is 2.52 bits per heavy atom. The summed E-state index contributed by atoms with van der Waals surface area (Å²) in [6.45, 7) is 2.30. The Labute approximate surface area is 133 Å².